The number of thiophene rings is 1. The van der Waals surface area contributed by atoms with Crippen molar-refractivity contribution >= 4 is 17.1 Å². The molecule has 0 aliphatic heterocycles. The van der Waals surface area contributed by atoms with E-state index in [1.165, 1.54) is 5.56 Å². The Kier molecular flexibility index (Phi) is 3.02. The number of hydrogen-bond acceptors (Lipinski definition) is 2. The molecule has 0 radical (unpaired) electrons. The second-order valence-electron chi connectivity index (χ2n) is 4.38. The summed E-state index contributed by atoms with van der Waals surface area (Å²) in [5, 5.41) is 4.25. The summed E-state index contributed by atoms with van der Waals surface area (Å²) in [6.07, 6.45) is 3.95. The van der Waals surface area contributed by atoms with Crippen molar-refractivity contribution in [2.45, 2.75) is 32.6 Å². The van der Waals surface area contributed by atoms with E-state index >= 15 is 0 Å². The lowest BCUT2D eigenvalue weighted by Gasteiger charge is -2.25. The topological polar surface area (TPSA) is 17.1 Å². The molecule has 1 aliphatic carbocycles. The number of carbonyl (C=O) groups is 1. The number of rotatable bonds is 2. The maximum absolute atomic E-state index is 11.7. The first-order valence-corrected chi connectivity index (χ1v) is 6.24. The zero-order valence-electron chi connectivity index (χ0n) is 8.53. The van der Waals surface area contributed by atoms with Gasteiger partial charge in [0.05, 0.1) is 0 Å². The van der Waals surface area contributed by atoms with Gasteiger partial charge in [0.2, 0.25) is 0 Å². The van der Waals surface area contributed by atoms with Gasteiger partial charge in [0.25, 0.3) is 0 Å². The lowest BCUT2D eigenvalue weighted by molar-refractivity contribution is -0.125. The quantitative estimate of drug-likeness (QED) is 0.729. The van der Waals surface area contributed by atoms with Gasteiger partial charge in [0.1, 0.15) is 5.78 Å². The third-order valence-corrected chi connectivity index (χ3v) is 3.82. The molecule has 0 amide bonds. The highest BCUT2D eigenvalue weighted by Gasteiger charge is 2.26. The van der Waals surface area contributed by atoms with Crippen LogP contribution in [0.3, 0.4) is 0 Å². The van der Waals surface area contributed by atoms with Crippen LogP contribution in [0.1, 0.15) is 31.7 Å². The fourth-order valence-corrected chi connectivity index (χ4v) is 2.90. The first kappa shape index (κ1) is 9.91. The van der Waals surface area contributed by atoms with Gasteiger partial charge < -0.3 is 0 Å². The largest absolute Gasteiger partial charge is 0.299 e. The van der Waals surface area contributed by atoms with Crippen LogP contribution in [0.15, 0.2) is 16.8 Å². The first-order chi connectivity index (χ1) is 6.75. The van der Waals surface area contributed by atoms with E-state index in [0.29, 0.717) is 11.7 Å². The molecule has 1 heterocycles. The van der Waals surface area contributed by atoms with Crippen LogP contribution in [-0.2, 0) is 11.2 Å². The predicted molar refractivity (Wildman–Crippen MR) is 59.5 cm³/mol. The van der Waals surface area contributed by atoms with Crippen molar-refractivity contribution in [3.05, 3.63) is 22.4 Å². The molecule has 1 aromatic heterocycles. The fraction of sp³-hybridized carbons (Fsp3) is 0.583. The second kappa shape index (κ2) is 4.26. The number of ketones is 1. The monoisotopic (exact) mass is 208 g/mol. The average molecular weight is 208 g/mol. The first-order valence-electron chi connectivity index (χ1n) is 5.29. The molecule has 76 valence electrons. The lowest BCUT2D eigenvalue weighted by atomic mass is 9.79. The molecule has 1 fully saturated rings. The van der Waals surface area contributed by atoms with Crippen LogP contribution >= 0.6 is 11.3 Å². The zero-order valence-corrected chi connectivity index (χ0v) is 9.35. The summed E-state index contributed by atoms with van der Waals surface area (Å²) >= 11 is 1.72. The van der Waals surface area contributed by atoms with Gasteiger partial charge in [-0.1, -0.05) is 6.92 Å². The minimum atomic E-state index is 0.299. The Morgan fingerprint density at radius 3 is 3.14 bits per heavy atom. The van der Waals surface area contributed by atoms with E-state index in [1.807, 2.05) is 0 Å². The summed E-state index contributed by atoms with van der Waals surface area (Å²) in [7, 11) is 0. The third kappa shape index (κ3) is 2.24. The summed E-state index contributed by atoms with van der Waals surface area (Å²) in [6.45, 7) is 2.26. The van der Waals surface area contributed by atoms with Crippen LogP contribution in [-0.4, -0.2) is 5.78 Å². The van der Waals surface area contributed by atoms with E-state index < -0.39 is 0 Å². The summed E-state index contributed by atoms with van der Waals surface area (Å²) in [5.74, 6) is 1.51. The second-order valence-corrected chi connectivity index (χ2v) is 5.16. The molecule has 0 bridgehead atoms. The maximum atomic E-state index is 11.7. The van der Waals surface area contributed by atoms with Crippen LogP contribution in [0.5, 0.6) is 0 Å². The molecular weight excluding hydrogens is 192 g/mol. The fourth-order valence-electron chi connectivity index (χ4n) is 2.22. The van der Waals surface area contributed by atoms with Crippen LogP contribution < -0.4 is 0 Å². The van der Waals surface area contributed by atoms with Crippen molar-refractivity contribution in [1.29, 1.82) is 0 Å². The Bertz CT molecular complexity index is 302. The highest BCUT2D eigenvalue weighted by Crippen LogP contribution is 2.28. The molecule has 14 heavy (non-hydrogen) atoms. The minimum Gasteiger partial charge on any atom is -0.299 e. The summed E-state index contributed by atoms with van der Waals surface area (Å²) < 4.78 is 0. The van der Waals surface area contributed by atoms with Gasteiger partial charge >= 0.3 is 0 Å². The Balaban J connectivity index is 1.99. The van der Waals surface area contributed by atoms with E-state index in [1.54, 1.807) is 11.3 Å². The van der Waals surface area contributed by atoms with Crippen LogP contribution in [0.25, 0.3) is 0 Å². The summed E-state index contributed by atoms with van der Waals surface area (Å²) in [4.78, 5) is 11.7. The van der Waals surface area contributed by atoms with Gasteiger partial charge in [0, 0.05) is 12.3 Å². The highest BCUT2D eigenvalue weighted by molar-refractivity contribution is 7.07. The van der Waals surface area contributed by atoms with Crippen molar-refractivity contribution in [3.63, 3.8) is 0 Å². The molecule has 2 heteroatoms. The SMILES string of the molecule is CC1CCC(=O)C(Cc2ccsc2)C1. The van der Waals surface area contributed by atoms with E-state index in [-0.39, 0.29) is 0 Å². The normalized spacial score (nSPS) is 27.9. The highest BCUT2D eigenvalue weighted by atomic mass is 32.1. The zero-order chi connectivity index (χ0) is 9.97. The predicted octanol–water partition coefficient (Wildman–Crippen LogP) is 3.30. The third-order valence-electron chi connectivity index (χ3n) is 3.09. The average Bonchev–Trinajstić information content (AvgIpc) is 2.64. The molecule has 1 saturated carbocycles. The van der Waals surface area contributed by atoms with Crippen molar-refractivity contribution < 1.29 is 4.79 Å². The molecule has 0 N–H and O–H groups in total. The van der Waals surface area contributed by atoms with Crippen LogP contribution in [0, 0.1) is 11.8 Å². The Hall–Kier alpha value is -0.630. The van der Waals surface area contributed by atoms with Gasteiger partial charge in [-0.15, -0.1) is 0 Å². The molecule has 2 rings (SSSR count). The van der Waals surface area contributed by atoms with E-state index in [2.05, 4.69) is 23.8 Å². The summed E-state index contributed by atoms with van der Waals surface area (Å²) in [6, 6.07) is 2.14. The van der Waals surface area contributed by atoms with Gasteiger partial charge in [-0.3, -0.25) is 4.79 Å². The molecule has 0 spiro atoms. The van der Waals surface area contributed by atoms with E-state index in [4.69, 9.17) is 0 Å². The van der Waals surface area contributed by atoms with Gasteiger partial charge in [-0.25, -0.2) is 0 Å². The van der Waals surface area contributed by atoms with Crippen LogP contribution in [0.2, 0.25) is 0 Å². The van der Waals surface area contributed by atoms with Crippen molar-refractivity contribution in [1.82, 2.24) is 0 Å². The molecule has 2 unspecified atom stereocenters. The van der Waals surface area contributed by atoms with Crippen molar-refractivity contribution in [2.75, 3.05) is 0 Å². The Labute approximate surface area is 89.1 Å². The molecular formula is C12H16OS. The van der Waals surface area contributed by atoms with E-state index in [9.17, 15) is 4.79 Å². The lowest BCUT2D eigenvalue weighted by Crippen LogP contribution is -2.25. The van der Waals surface area contributed by atoms with Crippen LogP contribution in [0.4, 0.5) is 0 Å². The molecule has 0 saturated heterocycles. The van der Waals surface area contributed by atoms with Crippen molar-refractivity contribution in [3.8, 4) is 0 Å². The van der Waals surface area contributed by atoms with E-state index in [0.717, 1.165) is 31.6 Å². The minimum absolute atomic E-state index is 0.299. The number of Topliss-reactive ketones (excluding diaryl/α,β-unsaturated/α-hetero) is 1. The number of carbonyl (C=O) groups excluding carboxylic acids is 1. The molecule has 1 nitrogen and oxygen atoms in total. The standard InChI is InChI=1S/C12H16OS/c1-9-2-3-12(13)11(6-9)7-10-4-5-14-8-10/h4-5,8-9,11H,2-3,6-7H2,1H3. The molecule has 1 aliphatic rings. The molecule has 1 aromatic rings. The van der Waals surface area contributed by atoms with Crippen molar-refractivity contribution in [2.24, 2.45) is 11.8 Å². The van der Waals surface area contributed by atoms with Gasteiger partial charge in [0.15, 0.2) is 0 Å². The molecule has 2 atom stereocenters. The van der Waals surface area contributed by atoms with Gasteiger partial charge in [-0.2, -0.15) is 11.3 Å². The Morgan fingerprint density at radius 2 is 2.43 bits per heavy atom. The smallest absolute Gasteiger partial charge is 0.136 e. The maximum Gasteiger partial charge on any atom is 0.136 e. The molecule has 0 aromatic carbocycles. The number of hydrogen-bond donors (Lipinski definition) is 0. The van der Waals surface area contributed by atoms with Gasteiger partial charge in [-0.05, 0) is 47.6 Å². The Morgan fingerprint density at radius 1 is 1.57 bits per heavy atom. The summed E-state index contributed by atoms with van der Waals surface area (Å²) in [5.41, 5.74) is 1.34.